The van der Waals surface area contributed by atoms with E-state index in [1.54, 1.807) is 0 Å². The van der Waals surface area contributed by atoms with Crippen LogP contribution in [-0.2, 0) is 12.4 Å². The minimum absolute atomic E-state index is 0.0804. The molecular formula is C17H11F6N3OS. The Labute approximate surface area is 158 Å². The molecule has 2 heterocycles. The molecule has 4 nitrogen and oxygen atoms in total. The Bertz CT molecular complexity index is 1070. The van der Waals surface area contributed by atoms with Crippen molar-refractivity contribution in [2.45, 2.75) is 19.3 Å². The zero-order chi connectivity index (χ0) is 20.9. The van der Waals surface area contributed by atoms with Crippen LogP contribution >= 0.6 is 11.3 Å². The quantitative estimate of drug-likeness (QED) is 0.541. The van der Waals surface area contributed by atoms with Crippen molar-refractivity contribution in [3.8, 4) is 0 Å². The lowest BCUT2D eigenvalue weighted by molar-refractivity contribution is -0.141. The average Bonchev–Trinajstić information content (AvgIpc) is 2.91. The molecule has 1 aromatic carbocycles. The van der Waals surface area contributed by atoms with E-state index in [-0.39, 0.29) is 32.0 Å². The number of aromatic nitrogens is 1. The van der Waals surface area contributed by atoms with Crippen LogP contribution in [0, 0.1) is 6.92 Å². The number of thiophene rings is 1. The highest BCUT2D eigenvalue weighted by Gasteiger charge is 2.34. The number of amides is 1. The van der Waals surface area contributed by atoms with Gasteiger partial charge in [-0.2, -0.15) is 26.3 Å². The van der Waals surface area contributed by atoms with Gasteiger partial charge in [0.15, 0.2) is 0 Å². The predicted molar refractivity (Wildman–Crippen MR) is 93.2 cm³/mol. The molecule has 0 bridgehead atoms. The zero-order valence-corrected chi connectivity index (χ0v) is 14.8. The van der Waals surface area contributed by atoms with Crippen molar-refractivity contribution in [1.82, 2.24) is 4.98 Å². The lowest BCUT2D eigenvalue weighted by Crippen LogP contribution is -2.13. The number of halogens is 6. The highest BCUT2D eigenvalue weighted by Crippen LogP contribution is 2.38. The number of nitrogens with zero attached hydrogens (tertiary/aromatic N) is 1. The fourth-order valence-corrected chi connectivity index (χ4v) is 3.65. The summed E-state index contributed by atoms with van der Waals surface area (Å²) < 4.78 is 77.1. The number of pyridine rings is 1. The first-order chi connectivity index (χ1) is 12.9. The first kappa shape index (κ1) is 19.9. The van der Waals surface area contributed by atoms with Crippen LogP contribution < -0.4 is 11.1 Å². The Kier molecular flexibility index (Phi) is 4.74. The van der Waals surface area contributed by atoms with Gasteiger partial charge in [-0.05, 0) is 36.8 Å². The molecule has 3 aromatic rings. The summed E-state index contributed by atoms with van der Waals surface area (Å²) in [5.74, 6) is -0.840. The number of anilines is 2. The summed E-state index contributed by atoms with van der Waals surface area (Å²) in [6.07, 6.45) is -9.26. The van der Waals surface area contributed by atoms with Gasteiger partial charge in [-0.1, -0.05) is 6.07 Å². The van der Waals surface area contributed by atoms with Crippen LogP contribution in [0.2, 0.25) is 0 Å². The van der Waals surface area contributed by atoms with Crippen molar-refractivity contribution in [3.63, 3.8) is 0 Å². The van der Waals surface area contributed by atoms with Gasteiger partial charge in [-0.25, -0.2) is 4.98 Å². The first-order valence-corrected chi connectivity index (χ1v) is 8.45. The van der Waals surface area contributed by atoms with E-state index in [1.165, 1.54) is 13.0 Å². The van der Waals surface area contributed by atoms with Gasteiger partial charge in [0, 0.05) is 11.1 Å². The van der Waals surface area contributed by atoms with Gasteiger partial charge in [0.2, 0.25) is 0 Å². The van der Waals surface area contributed by atoms with Crippen molar-refractivity contribution < 1.29 is 31.1 Å². The molecule has 0 aliphatic heterocycles. The topological polar surface area (TPSA) is 68.0 Å². The number of hydrogen-bond acceptors (Lipinski definition) is 4. The molecule has 11 heteroatoms. The Morgan fingerprint density at radius 1 is 1.11 bits per heavy atom. The summed E-state index contributed by atoms with van der Waals surface area (Å²) in [6.45, 7) is 1.40. The standard InChI is InChI=1S/C17H11F6N3OS/c1-7-5-10(17(21,22)23)26-15-11(7)12(24)13(28-15)14(27)25-9-4-2-3-8(6-9)16(18,19)20/h2-6H,24H2,1H3,(H,25,27). The number of benzene rings is 1. The maximum atomic E-state index is 12.9. The molecule has 0 aliphatic rings. The molecule has 3 N–H and O–H groups in total. The number of rotatable bonds is 2. The van der Waals surface area contributed by atoms with Crippen molar-refractivity contribution in [2.24, 2.45) is 0 Å². The van der Waals surface area contributed by atoms with Gasteiger partial charge in [-0.15, -0.1) is 11.3 Å². The van der Waals surface area contributed by atoms with Crippen LogP contribution in [0.5, 0.6) is 0 Å². The highest BCUT2D eigenvalue weighted by atomic mass is 32.1. The van der Waals surface area contributed by atoms with Gasteiger partial charge >= 0.3 is 12.4 Å². The normalized spacial score (nSPS) is 12.4. The Morgan fingerprint density at radius 3 is 2.39 bits per heavy atom. The van der Waals surface area contributed by atoms with Crippen LogP contribution in [0.1, 0.15) is 26.5 Å². The average molecular weight is 419 g/mol. The summed E-state index contributed by atoms with van der Waals surface area (Å²) in [7, 11) is 0. The molecule has 0 saturated carbocycles. The second-order valence-corrected chi connectivity index (χ2v) is 6.88. The van der Waals surface area contributed by atoms with Crippen LogP contribution in [0.15, 0.2) is 30.3 Å². The highest BCUT2D eigenvalue weighted by molar-refractivity contribution is 7.21. The number of aryl methyl sites for hydroxylation is 1. The summed E-state index contributed by atoms with van der Waals surface area (Å²) in [4.78, 5) is 15.7. The number of alkyl halides is 6. The number of hydrogen-bond donors (Lipinski definition) is 2. The minimum atomic E-state index is -4.67. The molecule has 148 valence electrons. The lowest BCUT2D eigenvalue weighted by Gasteiger charge is -2.09. The second kappa shape index (κ2) is 6.66. The largest absolute Gasteiger partial charge is 0.433 e. The van der Waals surface area contributed by atoms with E-state index in [9.17, 15) is 31.1 Å². The molecule has 0 saturated heterocycles. The molecule has 0 atom stereocenters. The summed E-state index contributed by atoms with van der Waals surface area (Å²) in [5.41, 5.74) is 3.80. The van der Waals surface area contributed by atoms with Crippen molar-refractivity contribution >= 4 is 38.8 Å². The van der Waals surface area contributed by atoms with Crippen LogP contribution in [-0.4, -0.2) is 10.9 Å². The third-order valence-electron chi connectivity index (χ3n) is 3.84. The maximum absolute atomic E-state index is 12.9. The smallest absolute Gasteiger partial charge is 0.397 e. The number of fused-ring (bicyclic) bond motifs is 1. The summed E-state index contributed by atoms with van der Waals surface area (Å²) in [5, 5.41) is 2.48. The fraction of sp³-hybridized carbons (Fsp3) is 0.176. The molecule has 2 aromatic heterocycles. The van der Waals surface area contributed by atoms with Crippen molar-refractivity contribution in [2.75, 3.05) is 11.1 Å². The number of nitrogen functional groups attached to an aromatic ring is 1. The molecule has 1 amide bonds. The maximum Gasteiger partial charge on any atom is 0.433 e. The van der Waals surface area contributed by atoms with Gasteiger partial charge in [-0.3, -0.25) is 4.79 Å². The molecule has 0 aliphatic carbocycles. The minimum Gasteiger partial charge on any atom is -0.397 e. The first-order valence-electron chi connectivity index (χ1n) is 7.63. The number of carbonyl (C=O) groups is 1. The van der Waals surface area contributed by atoms with Crippen molar-refractivity contribution in [1.29, 1.82) is 0 Å². The van der Waals surface area contributed by atoms with Crippen LogP contribution in [0.25, 0.3) is 10.2 Å². The molecule has 0 radical (unpaired) electrons. The van der Waals surface area contributed by atoms with E-state index in [4.69, 9.17) is 5.73 Å². The van der Waals surface area contributed by atoms with Gasteiger partial charge < -0.3 is 11.1 Å². The van der Waals surface area contributed by atoms with Gasteiger partial charge in [0.1, 0.15) is 15.4 Å². The Morgan fingerprint density at radius 2 is 1.79 bits per heavy atom. The molecular weight excluding hydrogens is 408 g/mol. The number of nitrogens with one attached hydrogen (secondary N) is 1. The number of nitrogens with two attached hydrogens (primary N) is 1. The van der Waals surface area contributed by atoms with Crippen LogP contribution in [0.4, 0.5) is 37.7 Å². The summed E-state index contributed by atoms with van der Waals surface area (Å²) in [6, 6.07) is 4.78. The monoisotopic (exact) mass is 419 g/mol. The van der Waals surface area contributed by atoms with Gasteiger partial charge in [0.05, 0.1) is 11.3 Å². The summed E-state index contributed by atoms with van der Waals surface area (Å²) >= 11 is 0.635. The van der Waals surface area contributed by atoms with E-state index in [2.05, 4.69) is 10.3 Å². The third kappa shape index (κ3) is 3.75. The second-order valence-electron chi connectivity index (χ2n) is 5.88. The third-order valence-corrected chi connectivity index (χ3v) is 4.94. The lowest BCUT2D eigenvalue weighted by atomic mass is 10.1. The fourth-order valence-electron chi connectivity index (χ4n) is 2.59. The SMILES string of the molecule is Cc1cc(C(F)(F)F)nc2sc(C(=O)Nc3cccc(C(F)(F)F)c3)c(N)c12. The van der Waals surface area contributed by atoms with E-state index in [0.29, 0.717) is 11.3 Å². The van der Waals surface area contributed by atoms with Crippen LogP contribution in [0.3, 0.4) is 0 Å². The van der Waals surface area contributed by atoms with Crippen molar-refractivity contribution in [3.05, 3.63) is 52.0 Å². The molecule has 0 unspecified atom stereocenters. The number of carbonyl (C=O) groups excluding carboxylic acids is 1. The molecule has 3 rings (SSSR count). The zero-order valence-electron chi connectivity index (χ0n) is 14.0. The van der Waals surface area contributed by atoms with E-state index >= 15 is 0 Å². The predicted octanol–water partition coefficient (Wildman–Crippen LogP) is 5.48. The molecule has 28 heavy (non-hydrogen) atoms. The van der Waals surface area contributed by atoms with Gasteiger partial charge in [0.25, 0.3) is 5.91 Å². The van der Waals surface area contributed by atoms with E-state index in [1.807, 2.05) is 0 Å². The molecule has 0 fully saturated rings. The van der Waals surface area contributed by atoms with E-state index in [0.717, 1.165) is 24.3 Å². The Hall–Kier alpha value is -2.82. The Balaban J connectivity index is 1.99. The molecule has 0 spiro atoms. The van der Waals surface area contributed by atoms with E-state index < -0.39 is 29.5 Å².